The molecule has 0 bridgehead atoms. The van der Waals surface area contributed by atoms with Crippen molar-refractivity contribution in [2.45, 2.75) is 0 Å². The molecule has 0 amide bonds. The standard InChI is InChI=1S/B2H3O5.Li/c3-1(4)7-2(5)6;/h3-5H;/q-1;+1. The summed E-state index contributed by atoms with van der Waals surface area (Å²) in [6.45, 7) is 0. The second-order valence-corrected chi connectivity index (χ2v) is 0.769. The average molecular weight is 112 g/mol. The SMILES string of the molecule is [Li+].[O-]B(O)OB(O)O. The summed E-state index contributed by atoms with van der Waals surface area (Å²) in [5, 5.41) is 32.4. The van der Waals surface area contributed by atoms with Gasteiger partial charge in [0.05, 0.1) is 0 Å². The molecule has 0 aliphatic rings. The van der Waals surface area contributed by atoms with Gasteiger partial charge in [-0.3, -0.25) is 0 Å². The monoisotopic (exact) mass is 112 g/mol. The molecule has 0 radical (unpaired) electrons. The van der Waals surface area contributed by atoms with Gasteiger partial charge in [0.1, 0.15) is 0 Å². The molecule has 8 heavy (non-hydrogen) atoms. The van der Waals surface area contributed by atoms with E-state index in [4.69, 9.17) is 15.1 Å². The van der Waals surface area contributed by atoms with E-state index in [-0.39, 0.29) is 18.9 Å². The quantitative estimate of drug-likeness (QED) is 0.308. The maximum atomic E-state index is 9.35. The summed E-state index contributed by atoms with van der Waals surface area (Å²) in [6, 6.07) is 0. The Hall–Kier alpha value is 0.527. The average Bonchev–Trinajstić information content (AvgIpc) is 1.27. The van der Waals surface area contributed by atoms with Crippen LogP contribution in [-0.2, 0) is 4.57 Å². The fraction of sp³-hybridized carbons (Fsp3) is 0. The van der Waals surface area contributed by atoms with Gasteiger partial charge in [0.25, 0.3) is 0 Å². The van der Waals surface area contributed by atoms with E-state index >= 15 is 0 Å². The summed E-state index contributed by atoms with van der Waals surface area (Å²) in [6.07, 6.45) is 0. The van der Waals surface area contributed by atoms with Gasteiger partial charge < -0.3 is 24.7 Å². The Morgan fingerprint density at radius 1 is 1.25 bits per heavy atom. The number of hydrogen-bond donors (Lipinski definition) is 3. The molecule has 0 aliphatic carbocycles. The van der Waals surface area contributed by atoms with E-state index in [1.165, 1.54) is 0 Å². The van der Waals surface area contributed by atoms with Gasteiger partial charge in [-0.25, -0.2) is 0 Å². The molecule has 0 spiro atoms. The van der Waals surface area contributed by atoms with Crippen LogP contribution in [0.25, 0.3) is 0 Å². The van der Waals surface area contributed by atoms with Gasteiger partial charge in [0.15, 0.2) is 0 Å². The first kappa shape index (κ1) is 11.3. The summed E-state index contributed by atoms with van der Waals surface area (Å²) in [4.78, 5) is 0. The van der Waals surface area contributed by atoms with Crippen LogP contribution in [0.2, 0.25) is 0 Å². The molecular weight excluding hydrogens is 109 g/mol. The van der Waals surface area contributed by atoms with E-state index in [9.17, 15) is 5.02 Å². The van der Waals surface area contributed by atoms with E-state index in [2.05, 4.69) is 4.57 Å². The van der Waals surface area contributed by atoms with E-state index in [0.29, 0.717) is 0 Å². The molecule has 0 rings (SSSR count). The van der Waals surface area contributed by atoms with Crippen LogP contribution in [0.5, 0.6) is 0 Å². The zero-order valence-electron chi connectivity index (χ0n) is 4.31. The zero-order chi connectivity index (χ0) is 5.86. The van der Waals surface area contributed by atoms with Crippen LogP contribution in [0.15, 0.2) is 0 Å². The molecule has 0 atom stereocenters. The Morgan fingerprint density at radius 2 is 1.62 bits per heavy atom. The molecule has 0 unspecified atom stereocenters. The number of rotatable bonds is 2. The first-order valence-corrected chi connectivity index (χ1v) is 1.48. The van der Waals surface area contributed by atoms with Crippen LogP contribution >= 0.6 is 0 Å². The van der Waals surface area contributed by atoms with Gasteiger partial charge in [0, 0.05) is 0 Å². The van der Waals surface area contributed by atoms with Crippen LogP contribution in [0, 0.1) is 0 Å². The van der Waals surface area contributed by atoms with Crippen LogP contribution in [0.1, 0.15) is 0 Å². The zero-order valence-corrected chi connectivity index (χ0v) is 4.31. The molecule has 3 N–H and O–H groups in total. The molecule has 0 aromatic rings. The van der Waals surface area contributed by atoms with Crippen molar-refractivity contribution in [3.05, 3.63) is 0 Å². The Kier molecular flexibility index (Phi) is 8.02. The smallest absolute Gasteiger partial charge is 0.833 e. The van der Waals surface area contributed by atoms with Crippen LogP contribution in [0.4, 0.5) is 0 Å². The fourth-order valence-corrected chi connectivity index (χ4v) is 0.104. The molecule has 0 aliphatic heterocycles. The van der Waals surface area contributed by atoms with Crippen molar-refractivity contribution >= 4 is 14.6 Å². The van der Waals surface area contributed by atoms with Crippen molar-refractivity contribution in [3.63, 3.8) is 0 Å². The van der Waals surface area contributed by atoms with Crippen molar-refractivity contribution < 1.29 is 43.5 Å². The van der Waals surface area contributed by atoms with Gasteiger partial charge >= 0.3 is 33.5 Å². The fourth-order valence-electron chi connectivity index (χ4n) is 0.104. The second-order valence-electron chi connectivity index (χ2n) is 0.769. The van der Waals surface area contributed by atoms with Crippen molar-refractivity contribution in [2.24, 2.45) is 0 Å². The van der Waals surface area contributed by atoms with Crippen molar-refractivity contribution in [3.8, 4) is 0 Å². The number of hydrogen-bond acceptors (Lipinski definition) is 5. The van der Waals surface area contributed by atoms with E-state index in [0.717, 1.165) is 0 Å². The third-order valence-electron chi connectivity index (χ3n) is 0.238. The van der Waals surface area contributed by atoms with Crippen LogP contribution < -0.4 is 23.9 Å². The molecule has 40 valence electrons. The maximum absolute atomic E-state index is 9.35. The molecule has 0 aromatic heterocycles. The van der Waals surface area contributed by atoms with Gasteiger partial charge in [0.2, 0.25) is 0 Å². The van der Waals surface area contributed by atoms with E-state index in [1.54, 1.807) is 0 Å². The van der Waals surface area contributed by atoms with Crippen LogP contribution in [0.3, 0.4) is 0 Å². The molecule has 8 heteroatoms. The molecule has 0 fully saturated rings. The van der Waals surface area contributed by atoms with Crippen molar-refractivity contribution in [2.75, 3.05) is 0 Å². The Balaban J connectivity index is 0. The Morgan fingerprint density at radius 3 is 1.62 bits per heavy atom. The summed E-state index contributed by atoms with van der Waals surface area (Å²) >= 11 is 0. The molecule has 0 saturated carbocycles. The maximum Gasteiger partial charge on any atom is 1.00 e. The topological polar surface area (TPSA) is 93.0 Å². The Bertz CT molecular complexity index is 39.7. The summed E-state index contributed by atoms with van der Waals surface area (Å²) in [5.74, 6) is 0. The van der Waals surface area contributed by atoms with Gasteiger partial charge in [-0.05, 0) is 0 Å². The first-order valence-electron chi connectivity index (χ1n) is 1.48. The first-order chi connectivity index (χ1) is 3.13. The molecule has 0 saturated heterocycles. The minimum Gasteiger partial charge on any atom is -0.833 e. The molecular formula is H3B2LiO5. The Labute approximate surface area is 58.8 Å². The molecule has 0 aromatic carbocycles. The summed E-state index contributed by atoms with van der Waals surface area (Å²) in [5.41, 5.74) is 0. The van der Waals surface area contributed by atoms with E-state index in [1.807, 2.05) is 0 Å². The minimum absolute atomic E-state index is 0. The third kappa shape index (κ3) is 9.73. The summed E-state index contributed by atoms with van der Waals surface area (Å²) in [7, 11) is -4.56. The van der Waals surface area contributed by atoms with Crippen molar-refractivity contribution in [1.82, 2.24) is 0 Å². The summed E-state index contributed by atoms with van der Waals surface area (Å²) < 4.78 is 3.36. The third-order valence-corrected chi connectivity index (χ3v) is 0.238. The second kappa shape index (κ2) is 5.66. The molecule has 5 nitrogen and oxygen atoms in total. The largest absolute Gasteiger partial charge is 1.00 e. The normalized spacial score (nSPS) is 7.50. The molecule has 0 heterocycles. The predicted octanol–water partition coefficient (Wildman–Crippen LogP) is -6.69. The van der Waals surface area contributed by atoms with Crippen LogP contribution in [-0.4, -0.2) is 29.7 Å². The van der Waals surface area contributed by atoms with Gasteiger partial charge in [-0.2, -0.15) is 0 Å². The predicted molar refractivity (Wildman–Crippen MR) is 19.2 cm³/mol. The minimum atomic E-state index is -2.38. The van der Waals surface area contributed by atoms with Gasteiger partial charge in [-0.15, -0.1) is 0 Å². The van der Waals surface area contributed by atoms with Gasteiger partial charge in [-0.1, -0.05) is 0 Å². The van der Waals surface area contributed by atoms with E-state index < -0.39 is 14.6 Å². The van der Waals surface area contributed by atoms with Crippen molar-refractivity contribution in [1.29, 1.82) is 0 Å².